The molecule has 0 aromatic heterocycles. The zero-order chi connectivity index (χ0) is 15.2. The van der Waals surface area contributed by atoms with E-state index >= 15 is 0 Å². The number of nitrogens with one attached hydrogen (secondary N) is 1. The molecule has 0 radical (unpaired) electrons. The number of piperidine rings is 1. The number of nitrogens with zero attached hydrogens (tertiary/aromatic N) is 1. The molecule has 1 aliphatic heterocycles. The molecule has 118 valence electrons. The summed E-state index contributed by atoms with van der Waals surface area (Å²) in [7, 11) is 0. The molecule has 1 rings (SSSR count). The van der Waals surface area contributed by atoms with Gasteiger partial charge in [-0.25, -0.2) is 4.79 Å². The Balaban J connectivity index is 2.20. The SMILES string of the molecule is CC(C)CN1CCCC(CCNC(=O)OC(C)(C)C)C1. The number of carbonyl (C=O) groups is 1. The smallest absolute Gasteiger partial charge is 0.407 e. The largest absolute Gasteiger partial charge is 0.444 e. The lowest BCUT2D eigenvalue weighted by molar-refractivity contribution is 0.0521. The first kappa shape index (κ1) is 17.3. The molecule has 1 N–H and O–H groups in total. The van der Waals surface area contributed by atoms with Gasteiger partial charge in [-0.2, -0.15) is 0 Å². The van der Waals surface area contributed by atoms with Crippen LogP contribution in [0.5, 0.6) is 0 Å². The van der Waals surface area contributed by atoms with E-state index in [0.29, 0.717) is 5.92 Å². The fourth-order valence-corrected chi connectivity index (χ4v) is 2.76. The third kappa shape index (κ3) is 7.73. The van der Waals surface area contributed by atoms with E-state index in [2.05, 4.69) is 24.1 Å². The fourth-order valence-electron chi connectivity index (χ4n) is 2.76. The number of hydrogen-bond donors (Lipinski definition) is 1. The lowest BCUT2D eigenvalue weighted by Crippen LogP contribution is -2.39. The van der Waals surface area contributed by atoms with E-state index in [-0.39, 0.29) is 6.09 Å². The Labute approximate surface area is 124 Å². The molecule has 0 aromatic rings. The van der Waals surface area contributed by atoms with E-state index in [1.54, 1.807) is 0 Å². The molecule has 0 bridgehead atoms. The van der Waals surface area contributed by atoms with Crippen LogP contribution in [-0.4, -0.2) is 42.8 Å². The highest BCUT2D eigenvalue weighted by molar-refractivity contribution is 5.67. The normalized spacial score (nSPS) is 21.0. The molecule has 0 aliphatic carbocycles. The summed E-state index contributed by atoms with van der Waals surface area (Å²) in [6.45, 7) is 14.5. The van der Waals surface area contributed by atoms with Crippen molar-refractivity contribution in [3.8, 4) is 0 Å². The molecule has 1 heterocycles. The Kier molecular flexibility index (Phi) is 6.80. The number of alkyl carbamates (subject to hydrolysis) is 1. The quantitative estimate of drug-likeness (QED) is 0.842. The van der Waals surface area contributed by atoms with E-state index in [0.717, 1.165) is 18.9 Å². The van der Waals surface area contributed by atoms with Crippen LogP contribution >= 0.6 is 0 Å². The number of rotatable bonds is 5. The highest BCUT2D eigenvalue weighted by atomic mass is 16.6. The van der Waals surface area contributed by atoms with E-state index in [1.165, 1.54) is 32.5 Å². The minimum atomic E-state index is -0.414. The molecule has 1 fully saturated rings. The molecule has 20 heavy (non-hydrogen) atoms. The van der Waals surface area contributed by atoms with E-state index in [9.17, 15) is 4.79 Å². The number of amides is 1. The van der Waals surface area contributed by atoms with Gasteiger partial charge in [0, 0.05) is 19.6 Å². The van der Waals surface area contributed by atoms with Gasteiger partial charge in [-0.05, 0) is 58.4 Å². The van der Waals surface area contributed by atoms with Gasteiger partial charge in [-0.3, -0.25) is 0 Å². The average Bonchev–Trinajstić information content (AvgIpc) is 2.25. The highest BCUT2D eigenvalue weighted by Gasteiger charge is 2.21. The summed E-state index contributed by atoms with van der Waals surface area (Å²) >= 11 is 0. The summed E-state index contributed by atoms with van der Waals surface area (Å²) in [5.74, 6) is 1.44. The maximum atomic E-state index is 11.6. The van der Waals surface area contributed by atoms with Crippen molar-refractivity contribution in [3.63, 3.8) is 0 Å². The molecule has 0 aromatic carbocycles. The van der Waals surface area contributed by atoms with Crippen LogP contribution in [-0.2, 0) is 4.74 Å². The predicted molar refractivity (Wildman–Crippen MR) is 82.9 cm³/mol. The van der Waals surface area contributed by atoms with Crippen molar-refractivity contribution in [1.29, 1.82) is 0 Å². The van der Waals surface area contributed by atoms with Gasteiger partial charge in [0.25, 0.3) is 0 Å². The fraction of sp³-hybridized carbons (Fsp3) is 0.938. The molecule has 0 saturated carbocycles. The summed E-state index contributed by atoms with van der Waals surface area (Å²) < 4.78 is 5.24. The summed E-state index contributed by atoms with van der Waals surface area (Å²) in [6, 6.07) is 0. The number of hydrogen-bond acceptors (Lipinski definition) is 3. The van der Waals surface area contributed by atoms with Crippen LogP contribution in [0.4, 0.5) is 4.79 Å². The van der Waals surface area contributed by atoms with Crippen LogP contribution in [0.25, 0.3) is 0 Å². The second-order valence-electron chi connectivity index (χ2n) is 7.38. The summed E-state index contributed by atoms with van der Waals surface area (Å²) in [5.41, 5.74) is -0.414. The van der Waals surface area contributed by atoms with Crippen molar-refractivity contribution >= 4 is 6.09 Å². The van der Waals surface area contributed by atoms with Crippen LogP contribution < -0.4 is 5.32 Å². The first-order chi connectivity index (χ1) is 9.26. The van der Waals surface area contributed by atoms with Gasteiger partial charge < -0.3 is 15.0 Å². The monoisotopic (exact) mass is 284 g/mol. The standard InChI is InChI=1S/C16H32N2O2/c1-13(2)11-18-10-6-7-14(12-18)8-9-17-15(19)20-16(3,4)5/h13-14H,6-12H2,1-5H3,(H,17,19). The maximum Gasteiger partial charge on any atom is 0.407 e. The number of carbonyl (C=O) groups excluding carboxylic acids is 1. The Morgan fingerprint density at radius 2 is 2.10 bits per heavy atom. The zero-order valence-electron chi connectivity index (χ0n) is 13.9. The minimum Gasteiger partial charge on any atom is -0.444 e. The molecule has 4 nitrogen and oxygen atoms in total. The van der Waals surface area contributed by atoms with Gasteiger partial charge in [0.2, 0.25) is 0 Å². The first-order valence-corrected chi connectivity index (χ1v) is 7.95. The van der Waals surface area contributed by atoms with Crippen LogP contribution in [0.15, 0.2) is 0 Å². The van der Waals surface area contributed by atoms with E-state index in [4.69, 9.17) is 4.74 Å². The molecule has 1 saturated heterocycles. The number of likely N-dealkylation sites (tertiary alicyclic amines) is 1. The Bertz CT molecular complexity index is 297. The third-order valence-corrected chi connectivity index (χ3v) is 3.45. The van der Waals surface area contributed by atoms with Gasteiger partial charge >= 0.3 is 6.09 Å². The maximum absolute atomic E-state index is 11.6. The Morgan fingerprint density at radius 3 is 2.70 bits per heavy atom. The summed E-state index contributed by atoms with van der Waals surface area (Å²) in [5, 5.41) is 2.86. The minimum absolute atomic E-state index is 0.299. The molecule has 4 heteroatoms. The topological polar surface area (TPSA) is 41.6 Å². The average molecular weight is 284 g/mol. The predicted octanol–water partition coefficient (Wildman–Crippen LogP) is 3.27. The van der Waals surface area contributed by atoms with Crippen molar-refractivity contribution in [3.05, 3.63) is 0 Å². The van der Waals surface area contributed by atoms with Crippen molar-refractivity contribution in [1.82, 2.24) is 10.2 Å². The molecule has 0 spiro atoms. The van der Waals surface area contributed by atoms with Crippen LogP contribution in [0.2, 0.25) is 0 Å². The summed E-state index contributed by atoms with van der Waals surface area (Å²) in [4.78, 5) is 14.1. The third-order valence-electron chi connectivity index (χ3n) is 3.45. The zero-order valence-corrected chi connectivity index (χ0v) is 13.9. The molecular weight excluding hydrogens is 252 g/mol. The van der Waals surface area contributed by atoms with Gasteiger partial charge in [-0.1, -0.05) is 13.8 Å². The molecular formula is C16H32N2O2. The second kappa shape index (κ2) is 7.87. The van der Waals surface area contributed by atoms with Crippen LogP contribution in [0, 0.1) is 11.8 Å². The number of ether oxygens (including phenoxy) is 1. The Hall–Kier alpha value is -0.770. The van der Waals surface area contributed by atoms with Crippen LogP contribution in [0.3, 0.4) is 0 Å². The van der Waals surface area contributed by atoms with Crippen molar-refractivity contribution in [2.75, 3.05) is 26.2 Å². The van der Waals surface area contributed by atoms with Crippen molar-refractivity contribution < 1.29 is 9.53 Å². The van der Waals surface area contributed by atoms with Gasteiger partial charge in [-0.15, -0.1) is 0 Å². The summed E-state index contributed by atoms with van der Waals surface area (Å²) in [6.07, 6.45) is 3.31. The van der Waals surface area contributed by atoms with E-state index in [1.807, 2.05) is 20.8 Å². The highest BCUT2D eigenvalue weighted by Crippen LogP contribution is 2.20. The van der Waals surface area contributed by atoms with Crippen molar-refractivity contribution in [2.45, 2.75) is 59.5 Å². The molecule has 1 atom stereocenters. The van der Waals surface area contributed by atoms with Gasteiger partial charge in [0.15, 0.2) is 0 Å². The first-order valence-electron chi connectivity index (χ1n) is 7.95. The second-order valence-corrected chi connectivity index (χ2v) is 7.38. The lowest BCUT2D eigenvalue weighted by Gasteiger charge is -2.33. The van der Waals surface area contributed by atoms with Crippen LogP contribution in [0.1, 0.15) is 53.9 Å². The van der Waals surface area contributed by atoms with Gasteiger partial charge in [0.1, 0.15) is 5.60 Å². The Morgan fingerprint density at radius 1 is 1.40 bits per heavy atom. The van der Waals surface area contributed by atoms with E-state index < -0.39 is 5.60 Å². The molecule has 1 amide bonds. The van der Waals surface area contributed by atoms with Crippen molar-refractivity contribution in [2.24, 2.45) is 11.8 Å². The van der Waals surface area contributed by atoms with Gasteiger partial charge in [0.05, 0.1) is 0 Å². The lowest BCUT2D eigenvalue weighted by atomic mass is 9.94. The molecule has 1 unspecified atom stereocenters. The molecule has 1 aliphatic rings.